The average molecular weight is 422 g/mol. The molecule has 2 aromatic rings. The highest BCUT2D eigenvalue weighted by Gasteiger charge is 2.23. The van der Waals surface area contributed by atoms with Crippen molar-refractivity contribution in [1.29, 1.82) is 0 Å². The van der Waals surface area contributed by atoms with Crippen LogP contribution in [0.3, 0.4) is 0 Å². The zero-order valence-corrected chi connectivity index (χ0v) is 14.4. The number of benzene rings is 1. The smallest absolute Gasteiger partial charge is 0.251 e. The van der Waals surface area contributed by atoms with Gasteiger partial charge in [-0.3, -0.25) is 9.59 Å². The Labute approximate surface area is 147 Å². The third-order valence-corrected chi connectivity index (χ3v) is 3.90. The van der Waals surface area contributed by atoms with E-state index in [1.165, 1.54) is 6.08 Å². The molecule has 2 amide bonds. The minimum absolute atomic E-state index is 0.0716. The minimum Gasteiger partial charge on any atom is -0.451 e. The number of amides is 2. The van der Waals surface area contributed by atoms with E-state index in [4.69, 9.17) is 4.42 Å². The van der Waals surface area contributed by atoms with E-state index in [0.717, 1.165) is 16.6 Å². The maximum Gasteiger partial charge on any atom is 0.251 e. The van der Waals surface area contributed by atoms with Gasteiger partial charge >= 0.3 is 0 Å². The van der Waals surface area contributed by atoms with Crippen molar-refractivity contribution in [3.05, 3.63) is 57.6 Å². The van der Waals surface area contributed by atoms with E-state index in [9.17, 15) is 9.59 Å². The zero-order valence-electron chi connectivity index (χ0n) is 12.2. The monoisotopic (exact) mass is 422 g/mol. The van der Waals surface area contributed by atoms with Crippen LogP contribution in [0.4, 0.5) is 5.69 Å². The summed E-state index contributed by atoms with van der Waals surface area (Å²) in [4.78, 5) is 23.7. The van der Waals surface area contributed by atoms with Gasteiger partial charge in [-0.05, 0) is 77.9 Å². The molecule has 0 saturated heterocycles. The lowest BCUT2D eigenvalue weighted by molar-refractivity contribution is -0.111. The molecule has 2 N–H and O–H groups in total. The summed E-state index contributed by atoms with van der Waals surface area (Å²) >= 11 is 2.06. The van der Waals surface area contributed by atoms with Crippen molar-refractivity contribution in [3.8, 4) is 0 Å². The zero-order chi connectivity index (χ0) is 16.2. The van der Waals surface area contributed by atoms with Gasteiger partial charge in [0.1, 0.15) is 5.76 Å². The van der Waals surface area contributed by atoms with E-state index in [-0.39, 0.29) is 11.8 Å². The number of rotatable bonds is 5. The molecule has 23 heavy (non-hydrogen) atoms. The Bertz CT molecular complexity index is 745. The lowest BCUT2D eigenvalue weighted by atomic mass is 10.2. The van der Waals surface area contributed by atoms with Crippen molar-refractivity contribution in [2.75, 3.05) is 5.32 Å². The summed E-state index contributed by atoms with van der Waals surface area (Å²) in [7, 11) is 0. The first-order valence-electron chi connectivity index (χ1n) is 7.25. The summed E-state index contributed by atoms with van der Waals surface area (Å²) in [5, 5.41) is 5.66. The number of hydrogen-bond acceptors (Lipinski definition) is 3. The lowest BCUT2D eigenvalue weighted by Crippen LogP contribution is -2.25. The van der Waals surface area contributed by atoms with Gasteiger partial charge in [-0.2, -0.15) is 0 Å². The molecule has 1 aliphatic carbocycles. The molecule has 1 aromatic heterocycles. The van der Waals surface area contributed by atoms with Crippen molar-refractivity contribution in [2.24, 2.45) is 0 Å². The summed E-state index contributed by atoms with van der Waals surface area (Å²) in [6.07, 6.45) is 5.12. The fourth-order valence-electron chi connectivity index (χ4n) is 1.96. The molecule has 0 aliphatic heterocycles. The van der Waals surface area contributed by atoms with Gasteiger partial charge < -0.3 is 15.1 Å². The van der Waals surface area contributed by atoms with Crippen LogP contribution in [-0.4, -0.2) is 17.9 Å². The van der Waals surface area contributed by atoms with Gasteiger partial charge in [0.2, 0.25) is 5.91 Å². The molecule has 5 nitrogen and oxygen atoms in total. The first-order valence-corrected chi connectivity index (χ1v) is 8.33. The van der Waals surface area contributed by atoms with Gasteiger partial charge in [-0.1, -0.05) is 0 Å². The predicted octanol–water partition coefficient (Wildman–Crippen LogP) is 3.43. The minimum atomic E-state index is -0.258. The Hall–Kier alpha value is -2.09. The SMILES string of the molecule is O=C(/C=C/c1ccc(I)o1)Nc1ccc(C(=O)NC2CC2)cc1. The highest BCUT2D eigenvalue weighted by atomic mass is 127. The summed E-state index contributed by atoms with van der Waals surface area (Å²) in [6.45, 7) is 0. The predicted molar refractivity (Wildman–Crippen MR) is 96.0 cm³/mol. The normalized spacial score (nSPS) is 14.0. The van der Waals surface area contributed by atoms with E-state index in [1.54, 1.807) is 36.4 Å². The Morgan fingerprint density at radius 1 is 1.13 bits per heavy atom. The molecular weight excluding hydrogens is 407 g/mol. The summed E-state index contributed by atoms with van der Waals surface area (Å²) in [6, 6.07) is 10.8. The number of nitrogens with one attached hydrogen (secondary N) is 2. The fraction of sp³-hybridized carbons (Fsp3) is 0.176. The molecule has 1 heterocycles. The number of carbonyl (C=O) groups excluding carboxylic acids is 2. The van der Waals surface area contributed by atoms with E-state index in [0.29, 0.717) is 23.1 Å². The van der Waals surface area contributed by atoms with Crippen LogP contribution in [0.25, 0.3) is 6.08 Å². The van der Waals surface area contributed by atoms with E-state index in [1.807, 2.05) is 6.07 Å². The molecule has 0 unspecified atom stereocenters. The first kappa shape index (κ1) is 15.8. The second kappa shape index (κ2) is 6.99. The van der Waals surface area contributed by atoms with E-state index < -0.39 is 0 Å². The summed E-state index contributed by atoms with van der Waals surface area (Å²) in [5.74, 6) is 0.293. The van der Waals surface area contributed by atoms with Crippen LogP contribution in [0.15, 0.2) is 46.9 Å². The van der Waals surface area contributed by atoms with Crippen molar-refractivity contribution in [2.45, 2.75) is 18.9 Å². The second-order valence-electron chi connectivity index (χ2n) is 5.29. The van der Waals surface area contributed by atoms with E-state index >= 15 is 0 Å². The topological polar surface area (TPSA) is 71.3 Å². The van der Waals surface area contributed by atoms with Gasteiger partial charge in [0, 0.05) is 23.4 Å². The first-order chi connectivity index (χ1) is 11.1. The van der Waals surface area contributed by atoms with Crippen molar-refractivity contribution in [3.63, 3.8) is 0 Å². The Kier molecular flexibility index (Phi) is 4.80. The molecule has 1 aliphatic rings. The van der Waals surface area contributed by atoms with Gasteiger partial charge in [0.05, 0.1) is 0 Å². The van der Waals surface area contributed by atoms with Crippen LogP contribution < -0.4 is 10.6 Å². The van der Waals surface area contributed by atoms with Crippen LogP contribution in [0.2, 0.25) is 0 Å². The van der Waals surface area contributed by atoms with Gasteiger partial charge in [-0.15, -0.1) is 0 Å². The van der Waals surface area contributed by atoms with Crippen molar-refractivity contribution >= 4 is 46.2 Å². The molecule has 0 spiro atoms. The molecule has 0 bridgehead atoms. The van der Waals surface area contributed by atoms with Gasteiger partial charge in [-0.25, -0.2) is 0 Å². The van der Waals surface area contributed by atoms with E-state index in [2.05, 4.69) is 33.2 Å². The van der Waals surface area contributed by atoms with Crippen LogP contribution >= 0.6 is 22.6 Å². The largest absolute Gasteiger partial charge is 0.451 e. The van der Waals surface area contributed by atoms with Crippen LogP contribution in [0.1, 0.15) is 29.0 Å². The van der Waals surface area contributed by atoms with Gasteiger partial charge in [0.15, 0.2) is 3.77 Å². The van der Waals surface area contributed by atoms with Crippen LogP contribution in [-0.2, 0) is 4.79 Å². The third kappa shape index (κ3) is 4.69. The number of furan rings is 1. The molecule has 0 atom stereocenters. The number of hydrogen-bond donors (Lipinski definition) is 2. The second-order valence-corrected chi connectivity index (χ2v) is 6.35. The maximum absolute atomic E-state index is 11.9. The molecule has 6 heteroatoms. The number of halogens is 1. The quantitative estimate of drug-likeness (QED) is 0.573. The van der Waals surface area contributed by atoms with Crippen molar-refractivity contribution < 1.29 is 14.0 Å². The standard InChI is InChI=1S/C17H15IN2O3/c18-15-9-7-14(23-15)8-10-16(21)19-12-3-1-11(2-4-12)17(22)20-13-5-6-13/h1-4,7-10,13H,5-6H2,(H,19,21)(H,20,22)/b10-8+. The third-order valence-electron chi connectivity index (χ3n) is 3.32. The lowest BCUT2D eigenvalue weighted by Gasteiger charge is -2.05. The van der Waals surface area contributed by atoms with Crippen LogP contribution in [0.5, 0.6) is 0 Å². The average Bonchev–Trinajstić information content (AvgIpc) is 3.25. The Morgan fingerprint density at radius 2 is 1.87 bits per heavy atom. The molecule has 1 fully saturated rings. The maximum atomic E-state index is 11.9. The van der Waals surface area contributed by atoms with Crippen molar-refractivity contribution in [1.82, 2.24) is 5.32 Å². The molecule has 3 rings (SSSR count). The highest BCUT2D eigenvalue weighted by molar-refractivity contribution is 14.1. The molecule has 0 radical (unpaired) electrons. The Balaban J connectivity index is 1.55. The Morgan fingerprint density at radius 3 is 2.48 bits per heavy atom. The number of anilines is 1. The highest BCUT2D eigenvalue weighted by Crippen LogP contribution is 2.19. The summed E-state index contributed by atoms with van der Waals surface area (Å²) in [5.41, 5.74) is 1.23. The van der Waals surface area contributed by atoms with Crippen LogP contribution in [0, 0.1) is 3.77 Å². The summed E-state index contributed by atoms with van der Waals surface area (Å²) < 4.78 is 6.10. The number of carbonyl (C=O) groups is 2. The molecule has 1 aromatic carbocycles. The fourth-order valence-corrected chi connectivity index (χ4v) is 2.39. The molecular formula is C17H15IN2O3. The van der Waals surface area contributed by atoms with Gasteiger partial charge in [0.25, 0.3) is 5.91 Å². The molecule has 1 saturated carbocycles. The molecule has 118 valence electrons.